The Balaban J connectivity index is 1.28. The molecule has 2 aromatic heterocycles. The van der Waals surface area contributed by atoms with Crippen LogP contribution < -0.4 is 10.2 Å². The van der Waals surface area contributed by atoms with E-state index >= 15 is 0 Å². The van der Waals surface area contributed by atoms with Crippen molar-refractivity contribution in [2.45, 2.75) is 13.3 Å². The molecular formula is C19H21FN6OS2. The van der Waals surface area contributed by atoms with Crippen LogP contribution in [0.15, 0.2) is 29.6 Å². The molecule has 3 aromatic rings. The molecule has 1 aromatic carbocycles. The van der Waals surface area contributed by atoms with Crippen LogP contribution in [0.2, 0.25) is 0 Å². The zero-order valence-corrected chi connectivity index (χ0v) is 17.6. The Labute approximate surface area is 176 Å². The Bertz CT molecular complexity index is 965. The third kappa shape index (κ3) is 4.95. The van der Waals surface area contributed by atoms with E-state index < -0.39 is 0 Å². The number of rotatable bonds is 6. The summed E-state index contributed by atoms with van der Waals surface area (Å²) in [7, 11) is 0. The summed E-state index contributed by atoms with van der Waals surface area (Å²) in [6, 6.07) is 6.38. The lowest BCUT2D eigenvalue weighted by Crippen LogP contribution is -2.48. The molecule has 0 bridgehead atoms. The standard InChI is InChI=1S/C19H21FN6OS2/c1-2-17-23-24-18(29-17)22-16(27)11-25-7-9-26(10-8-25)19-21-15(12-28-19)13-3-5-14(20)6-4-13/h3-6,12H,2,7-11H2,1H3,(H,22,24,27). The predicted molar refractivity (Wildman–Crippen MR) is 114 cm³/mol. The summed E-state index contributed by atoms with van der Waals surface area (Å²) in [6.45, 7) is 5.54. The van der Waals surface area contributed by atoms with Crippen LogP contribution in [0.5, 0.6) is 0 Å². The quantitative estimate of drug-likeness (QED) is 0.645. The van der Waals surface area contributed by atoms with Gasteiger partial charge >= 0.3 is 0 Å². The van der Waals surface area contributed by atoms with Crippen molar-refractivity contribution in [2.75, 3.05) is 42.9 Å². The van der Waals surface area contributed by atoms with E-state index in [-0.39, 0.29) is 11.7 Å². The van der Waals surface area contributed by atoms with Gasteiger partial charge in [0.05, 0.1) is 12.2 Å². The molecule has 0 aliphatic carbocycles. The average Bonchev–Trinajstić information content (AvgIpc) is 3.39. The number of aryl methyl sites for hydroxylation is 1. The molecule has 29 heavy (non-hydrogen) atoms. The number of halogens is 1. The van der Waals surface area contributed by atoms with E-state index in [0.29, 0.717) is 11.7 Å². The van der Waals surface area contributed by atoms with E-state index in [0.717, 1.165) is 54.0 Å². The van der Waals surface area contributed by atoms with Gasteiger partial charge in [0, 0.05) is 37.1 Å². The molecule has 0 unspecified atom stereocenters. The molecule has 3 heterocycles. The maximum Gasteiger partial charge on any atom is 0.240 e. The van der Waals surface area contributed by atoms with Crippen LogP contribution in [0.25, 0.3) is 11.3 Å². The lowest BCUT2D eigenvalue weighted by molar-refractivity contribution is -0.117. The van der Waals surface area contributed by atoms with Gasteiger partial charge in [-0.1, -0.05) is 18.3 Å². The molecule has 1 aliphatic heterocycles. The van der Waals surface area contributed by atoms with Crippen LogP contribution in [0, 0.1) is 5.82 Å². The first-order valence-electron chi connectivity index (χ1n) is 9.41. The first kappa shape index (κ1) is 19.9. The summed E-state index contributed by atoms with van der Waals surface area (Å²) in [5.41, 5.74) is 1.77. The Morgan fingerprint density at radius 2 is 1.93 bits per heavy atom. The van der Waals surface area contributed by atoms with Gasteiger partial charge < -0.3 is 4.90 Å². The number of anilines is 2. The highest BCUT2D eigenvalue weighted by Gasteiger charge is 2.21. The number of aromatic nitrogens is 3. The SMILES string of the molecule is CCc1nnc(NC(=O)CN2CCN(c3nc(-c4ccc(F)cc4)cs3)CC2)s1. The molecule has 10 heteroatoms. The summed E-state index contributed by atoms with van der Waals surface area (Å²) in [4.78, 5) is 21.3. The molecule has 1 saturated heterocycles. The van der Waals surface area contributed by atoms with Crippen molar-refractivity contribution in [3.8, 4) is 11.3 Å². The number of piperazine rings is 1. The second-order valence-electron chi connectivity index (χ2n) is 6.69. The van der Waals surface area contributed by atoms with E-state index in [1.807, 2.05) is 12.3 Å². The van der Waals surface area contributed by atoms with Crippen LogP contribution in [0.1, 0.15) is 11.9 Å². The summed E-state index contributed by atoms with van der Waals surface area (Å²) < 4.78 is 13.1. The van der Waals surface area contributed by atoms with Crippen molar-refractivity contribution in [1.29, 1.82) is 0 Å². The second kappa shape index (κ2) is 8.93. The molecule has 0 saturated carbocycles. The monoisotopic (exact) mass is 432 g/mol. The Kier molecular flexibility index (Phi) is 6.12. The first-order chi connectivity index (χ1) is 14.1. The van der Waals surface area contributed by atoms with Crippen LogP contribution in [-0.2, 0) is 11.2 Å². The average molecular weight is 433 g/mol. The van der Waals surface area contributed by atoms with Gasteiger partial charge in [0.15, 0.2) is 5.13 Å². The normalized spacial score (nSPS) is 14.9. The van der Waals surface area contributed by atoms with Crippen LogP contribution in [0.4, 0.5) is 14.7 Å². The maximum atomic E-state index is 13.1. The van der Waals surface area contributed by atoms with Crippen molar-refractivity contribution in [3.05, 3.63) is 40.5 Å². The fourth-order valence-electron chi connectivity index (χ4n) is 3.07. The fraction of sp³-hybridized carbons (Fsp3) is 0.368. The van der Waals surface area contributed by atoms with Crippen molar-refractivity contribution in [2.24, 2.45) is 0 Å². The number of hydrogen-bond acceptors (Lipinski definition) is 8. The Morgan fingerprint density at radius 1 is 1.17 bits per heavy atom. The summed E-state index contributed by atoms with van der Waals surface area (Å²) >= 11 is 3.00. The second-order valence-corrected chi connectivity index (χ2v) is 8.59. The van der Waals surface area contributed by atoms with Crippen molar-refractivity contribution in [1.82, 2.24) is 20.1 Å². The molecule has 4 rings (SSSR count). The van der Waals surface area contributed by atoms with Crippen molar-refractivity contribution < 1.29 is 9.18 Å². The molecule has 1 aliphatic rings. The molecule has 0 atom stereocenters. The van der Waals surface area contributed by atoms with Gasteiger partial charge in [-0.05, 0) is 30.7 Å². The van der Waals surface area contributed by atoms with Gasteiger partial charge in [0.25, 0.3) is 0 Å². The summed E-state index contributed by atoms with van der Waals surface area (Å²) in [5, 5.41) is 15.2. The van der Waals surface area contributed by atoms with Crippen molar-refractivity contribution in [3.63, 3.8) is 0 Å². The third-order valence-electron chi connectivity index (χ3n) is 4.66. The fourth-order valence-corrected chi connectivity index (χ4v) is 4.65. The zero-order chi connectivity index (χ0) is 20.2. The topological polar surface area (TPSA) is 74.2 Å². The minimum Gasteiger partial charge on any atom is -0.346 e. The van der Waals surface area contributed by atoms with E-state index in [1.54, 1.807) is 23.5 Å². The molecule has 7 nitrogen and oxygen atoms in total. The van der Waals surface area contributed by atoms with E-state index in [9.17, 15) is 9.18 Å². The largest absolute Gasteiger partial charge is 0.346 e. The number of nitrogens with zero attached hydrogens (tertiary/aromatic N) is 5. The van der Waals surface area contributed by atoms with Gasteiger partial charge in [-0.25, -0.2) is 9.37 Å². The molecule has 1 N–H and O–H groups in total. The minimum absolute atomic E-state index is 0.0647. The van der Waals surface area contributed by atoms with E-state index in [4.69, 9.17) is 4.98 Å². The summed E-state index contributed by atoms with van der Waals surface area (Å²) in [6.07, 6.45) is 0.815. The number of nitrogens with one attached hydrogen (secondary N) is 1. The number of benzene rings is 1. The highest BCUT2D eigenvalue weighted by molar-refractivity contribution is 7.15. The van der Waals surface area contributed by atoms with Gasteiger partial charge in [-0.15, -0.1) is 21.5 Å². The molecule has 0 radical (unpaired) electrons. The first-order valence-corrected chi connectivity index (χ1v) is 11.1. The lowest BCUT2D eigenvalue weighted by atomic mass is 10.2. The van der Waals surface area contributed by atoms with Crippen molar-refractivity contribution >= 4 is 38.8 Å². The Hall–Kier alpha value is -2.43. The van der Waals surface area contributed by atoms with Gasteiger partial charge in [0.1, 0.15) is 10.8 Å². The number of thiazole rings is 1. The van der Waals surface area contributed by atoms with Gasteiger partial charge in [0.2, 0.25) is 11.0 Å². The summed E-state index contributed by atoms with van der Waals surface area (Å²) in [5.74, 6) is -0.314. The van der Waals surface area contributed by atoms with Crippen LogP contribution in [-0.4, -0.2) is 58.7 Å². The van der Waals surface area contributed by atoms with Gasteiger partial charge in [-0.3, -0.25) is 15.0 Å². The molecule has 1 fully saturated rings. The molecule has 0 spiro atoms. The third-order valence-corrected chi connectivity index (χ3v) is 6.54. The predicted octanol–water partition coefficient (Wildman–Crippen LogP) is 3.12. The minimum atomic E-state index is -0.249. The number of amides is 1. The highest BCUT2D eigenvalue weighted by Crippen LogP contribution is 2.28. The van der Waals surface area contributed by atoms with Crippen LogP contribution >= 0.6 is 22.7 Å². The molecular weight excluding hydrogens is 411 g/mol. The van der Waals surface area contributed by atoms with E-state index in [1.165, 1.54) is 23.5 Å². The van der Waals surface area contributed by atoms with Gasteiger partial charge in [-0.2, -0.15) is 0 Å². The lowest BCUT2D eigenvalue weighted by Gasteiger charge is -2.34. The maximum absolute atomic E-state index is 13.1. The zero-order valence-electron chi connectivity index (χ0n) is 16.0. The Morgan fingerprint density at radius 3 is 2.62 bits per heavy atom. The smallest absolute Gasteiger partial charge is 0.240 e. The molecule has 152 valence electrons. The van der Waals surface area contributed by atoms with E-state index in [2.05, 4.69) is 25.3 Å². The number of carbonyl (C=O) groups is 1. The number of hydrogen-bond donors (Lipinski definition) is 1. The number of carbonyl (C=O) groups excluding carboxylic acids is 1. The highest BCUT2D eigenvalue weighted by atomic mass is 32.1. The van der Waals surface area contributed by atoms with Crippen LogP contribution in [0.3, 0.4) is 0 Å². The molecule has 1 amide bonds.